The Hall–Kier alpha value is -0.206. The smallest absolute Gasteiger partial charge is 0.192 e. The summed E-state index contributed by atoms with van der Waals surface area (Å²) in [6.45, 7) is 25.4. The Morgan fingerprint density at radius 2 is 1.41 bits per heavy atom. The van der Waals surface area contributed by atoms with Crippen molar-refractivity contribution < 1.29 is 14.0 Å². The van der Waals surface area contributed by atoms with E-state index in [-0.39, 0.29) is 16.2 Å². The standard InChI is InChI=1S/C22H46O3Si2/c1-19(25-27(10,11)22(5,6)7)18-20(23)16-14-12-13-15-17-24-26(8,9)21(2,3)4/h12-14,16,19-20,23H,15,17-18H2,1-11H3/b13-12-,16-14+/t19-,20+/m1/s1. The molecule has 0 radical (unpaired) electrons. The SMILES string of the molecule is C[C@H](C[C@@H](O)/C=C/C=C\CCO[Si](C)(C)C(C)(C)C)O[Si](C)(C)C(C)(C)C. The normalized spacial score (nSPS) is 17.0. The van der Waals surface area contributed by atoms with Gasteiger partial charge < -0.3 is 14.0 Å². The third kappa shape index (κ3) is 10.2. The lowest BCUT2D eigenvalue weighted by atomic mass is 10.1. The predicted molar refractivity (Wildman–Crippen MR) is 124 cm³/mol. The van der Waals surface area contributed by atoms with Crippen molar-refractivity contribution in [1.29, 1.82) is 0 Å². The van der Waals surface area contributed by atoms with Crippen LogP contribution in [0.5, 0.6) is 0 Å². The quantitative estimate of drug-likeness (QED) is 0.246. The molecule has 0 saturated carbocycles. The monoisotopic (exact) mass is 414 g/mol. The van der Waals surface area contributed by atoms with Gasteiger partial charge >= 0.3 is 0 Å². The molecule has 0 aromatic heterocycles. The summed E-state index contributed by atoms with van der Waals surface area (Å²) in [5.74, 6) is 0. The zero-order chi connectivity index (χ0) is 21.5. The fraction of sp³-hybridized carbons (Fsp3) is 0.818. The Morgan fingerprint density at radius 3 is 1.89 bits per heavy atom. The number of aliphatic hydroxyl groups excluding tert-OH is 1. The fourth-order valence-corrected chi connectivity index (χ4v) is 4.63. The number of allylic oxidation sites excluding steroid dienone is 2. The van der Waals surface area contributed by atoms with Crippen LogP contribution in [0.3, 0.4) is 0 Å². The Labute approximate surface area is 171 Å². The van der Waals surface area contributed by atoms with Crippen molar-refractivity contribution in [2.45, 2.75) is 110 Å². The molecule has 2 atom stereocenters. The third-order valence-corrected chi connectivity index (χ3v) is 15.2. The maximum atomic E-state index is 10.2. The zero-order valence-corrected chi connectivity index (χ0v) is 21.8. The van der Waals surface area contributed by atoms with Gasteiger partial charge in [-0.2, -0.15) is 0 Å². The fourth-order valence-electron chi connectivity index (χ4n) is 2.11. The summed E-state index contributed by atoms with van der Waals surface area (Å²) in [5, 5.41) is 10.7. The van der Waals surface area contributed by atoms with Crippen LogP contribution in [0.1, 0.15) is 61.3 Å². The van der Waals surface area contributed by atoms with Gasteiger partial charge in [0.2, 0.25) is 0 Å². The van der Waals surface area contributed by atoms with E-state index in [9.17, 15) is 5.11 Å². The molecule has 0 spiro atoms. The van der Waals surface area contributed by atoms with Gasteiger partial charge in [-0.15, -0.1) is 0 Å². The maximum absolute atomic E-state index is 10.2. The van der Waals surface area contributed by atoms with Crippen molar-refractivity contribution in [3.05, 3.63) is 24.3 Å². The lowest BCUT2D eigenvalue weighted by molar-refractivity contribution is 0.122. The molecule has 5 heteroatoms. The Bertz CT molecular complexity index is 483. The third-order valence-electron chi connectivity index (χ3n) is 6.01. The van der Waals surface area contributed by atoms with Crippen molar-refractivity contribution in [3.63, 3.8) is 0 Å². The molecule has 0 unspecified atom stereocenters. The number of rotatable bonds is 10. The lowest BCUT2D eigenvalue weighted by Crippen LogP contribution is -2.43. The van der Waals surface area contributed by atoms with Crippen LogP contribution < -0.4 is 0 Å². The molecule has 0 aliphatic carbocycles. The van der Waals surface area contributed by atoms with Crippen LogP contribution in [0.4, 0.5) is 0 Å². The van der Waals surface area contributed by atoms with Gasteiger partial charge in [0.1, 0.15) is 0 Å². The van der Waals surface area contributed by atoms with Gasteiger partial charge in [0.25, 0.3) is 0 Å². The average Bonchev–Trinajstić information content (AvgIpc) is 2.42. The highest BCUT2D eigenvalue weighted by molar-refractivity contribution is 6.74. The van der Waals surface area contributed by atoms with Gasteiger partial charge in [0, 0.05) is 19.1 Å². The van der Waals surface area contributed by atoms with Crippen LogP contribution in [0.15, 0.2) is 24.3 Å². The maximum Gasteiger partial charge on any atom is 0.192 e. The Kier molecular flexibility index (Phi) is 10.5. The van der Waals surface area contributed by atoms with E-state index < -0.39 is 22.7 Å². The van der Waals surface area contributed by atoms with Crippen molar-refractivity contribution in [2.75, 3.05) is 6.61 Å². The molecule has 0 aromatic rings. The first-order valence-corrected chi connectivity index (χ1v) is 16.1. The Balaban J connectivity index is 4.24. The van der Waals surface area contributed by atoms with E-state index in [1.807, 2.05) is 18.2 Å². The van der Waals surface area contributed by atoms with Crippen LogP contribution in [-0.2, 0) is 8.85 Å². The van der Waals surface area contributed by atoms with Crippen LogP contribution in [-0.4, -0.2) is 40.6 Å². The van der Waals surface area contributed by atoms with E-state index in [2.05, 4.69) is 80.7 Å². The van der Waals surface area contributed by atoms with E-state index in [1.165, 1.54) is 0 Å². The van der Waals surface area contributed by atoms with E-state index in [0.29, 0.717) is 6.42 Å². The topological polar surface area (TPSA) is 38.7 Å². The van der Waals surface area contributed by atoms with E-state index in [4.69, 9.17) is 8.85 Å². The molecular weight excluding hydrogens is 368 g/mol. The molecular formula is C22H46O3Si2. The van der Waals surface area contributed by atoms with Gasteiger partial charge in [0.15, 0.2) is 16.6 Å². The molecule has 0 bridgehead atoms. The predicted octanol–water partition coefficient (Wildman–Crippen LogP) is 6.67. The summed E-state index contributed by atoms with van der Waals surface area (Å²) in [6, 6.07) is 0. The molecule has 3 nitrogen and oxygen atoms in total. The largest absolute Gasteiger partial charge is 0.417 e. The summed E-state index contributed by atoms with van der Waals surface area (Å²) in [5.41, 5.74) is 0. The van der Waals surface area contributed by atoms with Crippen LogP contribution in [0.2, 0.25) is 36.3 Å². The van der Waals surface area contributed by atoms with Gasteiger partial charge in [-0.3, -0.25) is 0 Å². The van der Waals surface area contributed by atoms with Gasteiger partial charge in [-0.05, 0) is 49.6 Å². The summed E-state index contributed by atoms with van der Waals surface area (Å²) in [4.78, 5) is 0. The van der Waals surface area contributed by atoms with Crippen LogP contribution in [0, 0.1) is 0 Å². The first-order valence-electron chi connectivity index (χ1n) is 10.3. The minimum absolute atomic E-state index is 0.0625. The number of hydrogen-bond donors (Lipinski definition) is 1. The molecule has 1 N–H and O–H groups in total. The van der Waals surface area contributed by atoms with E-state index >= 15 is 0 Å². The second kappa shape index (κ2) is 10.5. The van der Waals surface area contributed by atoms with Gasteiger partial charge in [-0.25, -0.2) is 0 Å². The van der Waals surface area contributed by atoms with Crippen molar-refractivity contribution in [2.24, 2.45) is 0 Å². The first-order chi connectivity index (χ1) is 12.0. The lowest BCUT2D eigenvalue weighted by Gasteiger charge is -2.38. The minimum atomic E-state index is -1.78. The molecule has 160 valence electrons. The highest BCUT2D eigenvalue weighted by atomic mass is 28.4. The molecule has 0 rings (SSSR count). The summed E-state index contributed by atoms with van der Waals surface area (Å²) in [6.07, 6.45) is 8.99. The zero-order valence-electron chi connectivity index (χ0n) is 19.8. The molecule has 0 fully saturated rings. The van der Waals surface area contributed by atoms with E-state index in [0.717, 1.165) is 13.0 Å². The van der Waals surface area contributed by atoms with Crippen molar-refractivity contribution >= 4 is 16.6 Å². The molecule has 0 heterocycles. The molecule has 0 aliphatic rings. The van der Waals surface area contributed by atoms with Crippen molar-refractivity contribution in [3.8, 4) is 0 Å². The number of aliphatic hydroxyl groups is 1. The average molecular weight is 415 g/mol. The molecule has 0 saturated heterocycles. The summed E-state index contributed by atoms with van der Waals surface area (Å²) < 4.78 is 12.5. The second-order valence-electron chi connectivity index (χ2n) is 10.7. The van der Waals surface area contributed by atoms with Crippen LogP contribution >= 0.6 is 0 Å². The van der Waals surface area contributed by atoms with Gasteiger partial charge in [-0.1, -0.05) is 65.8 Å². The highest BCUT2D eigenvalue weighted by Crippen LogP contribution is 2.38. The second-order valence-corrected chi connectivity index (χ2v) is 20.3. The van der Waals surface area contributed by atoms with E-state index in [1.54, 1.807) is 0 Å². The Morgan fingerprint density at radius 1 is 0.889 bits per heavy atom. The van der Waals surface area contributed by atoms with Gasteiger partial charge in [0.05, 0.1) is 6.10 Å². The minimum Gasteiger partial charge on any atom is -0.417 e. The molecule has 0 amide bonds. The van der Waals surface area contributed by atoms with Crippen LogP contribution in [0.25, 0.3) is 0 Å². The highest BCUT2D eigenvalue weighted by Gasteiger charge is 2.38. The summed E-state index contributed by atoms with van der Waals surface area (Å²) >= 11 is 0. The molecule has 0 aromatic carbocycles. The molecule has 27 heavy (non-hydrogen) atoms. The molecule has 0 aliphatic heterocycles. The van der Waals surface area contributed by atoms with Crippen molar-refractivity contribution in [1.82, 2.24) is 0 Å². The summed E-state index contributed by atoms with van der Waals surface area (Å²) in [7, 11) is -3.42. The number of hydrogen-bond acceptors (Lipinski definition) is 3. The first kappa shape index (κ1) is 26.8.